The van der Waals surface area contributed by atoms with Crippen molar-refractivity contribution in [1.82, 2.24) is 15.5 Å². The molecular weight excluding hydrogens is 337 g/mol. The number of hydrogen-bond acceptors (Lipinski definition) is 3. The number of unbranched alkanes of at least 4 members (excludes halogenated alkanes) is 1. The van der Waals surface area contributed by atoms with Gasteiger partial charge in [-0.2, -0.15) is 0 Å². The minimum absolute atomic E-state index is 0.268. The van der Waals surface area contributed by atoms with Crippen LogP contribution in [0.15, 0.2) is 24.3 Å². The molecule has 0 spiro atoms. The SMILES string of the molecule is CCCC[C@]1(c2ccc(F)cc2)NC(=O)N(CC(=O)NCC(C)C)C1=O. The molecule has 2 N–H and O–H groups in total. The van der Waals surface area contributed by atoms with Gasteiger partial charge in [-0.05, 0) is 30.0 Å². The fourth-order valence-corrected chi connectivity index (χ4v) is 2.97. The Hall–Kier alpha value is -2.44. The lowest BCUT2D eigenvalue weighted by Crippen LogP contribution is -2.45. The number of rotatable bonds is 8. The Labute approximate surface area is 153 Å². The second-order valence-corrected chi connectivity index (χ2v) is 7.04. The third-order valence-corrected chi connectivity index (χ3v) is 4.43. The first-order valence-corrected chi connectivity index (χ1v) is 8.97. The van der Waals surface area contributed by atoms with Gasteiger partial charge in [-0.25, -0.2) is 9.18 Å². The fraction of sp³-hybridized carbons (Fsp3) is 0.526. The molecule has 7 heteroatoms. The summed E-state index contributed by atoms with van der Waals surface area (Å²) in [6.45, 7) is 6.04. The van der Waals surface area contributed by atoms with E-state index < -0.39 is 23.3 Å². The summed E-state index contributed by atoms with van der Waals surface area (Å²) in [5, 5.41) is 5.45. The number of benzene rings is 1. The van der Waals surface area contributed by atoms with Gasteiger partial charge in [0.2, 0.25) is 5.91 Å². The van der Waals surface area contributed by atoms with E-state index in [0.717, 1.165) is 11.3 Å². The number of halogens is 1. The zero-order valence-electron chi connectivity index (χ0n) is 15.5. The average molecular weight is 363 g/mol. The van der Waals surface area contributed by atoms with Gasteiger partial charge in [-0.15, -0.1) is 0 Å². The minimum Gasteiger partial charge on any atom is -0.354 e. The van der Waals surface area contributed by atoms with Crippen LogP contribution in [0.4, 0.5) is 9.18 Å². The number of nitrogens with one attached hydrogen (secondary N) is 2. The number of carbonyl (C=O) groups excluding carboxylic acids is 3. The highest BCUT2D eigenvalue weighted by molar-refractivity contribution is 6.09. The zero-order chi connectivity index (χ0) is 19.3. The third-order valence-electron chi connectivity index (χ3n) is 4.43. The van der Waals surface area contributed by atoms with E-state index in [1.807, 2.05) is 20.8 Å². The second-order valence-electron chi connectivity index (χ2n) is 7.04. The van der Waals surface area contributed by atoms with Crippen LogP contribution in [0.25, 0.3) is 0 Å². The predicted octanol–water partition coefficient (Wildman–Crippen LogP) is 2.54. The van der Waals surface area contributed by atoms with Crippen molar-refractivity contribution in [2.75, 3.05) is 13.1 Å². The molecule has 1 heterocycles. The number of carbonyl (C=O) groups is 3. The molecule has 0 unspecified atom stereocenters. The van der Waals surface area contributed by atoms with Crippen molar-refractivity contribution in [3.05, 3.63) is 35.6 Å². The molecule has 1 fully saturated rings. The lowest BCUT2D eigenvalue weighted by molar-refractivity contribution is -0.135. The van der Waals surface area contributed by atoms with Crippen molar-refractivity contribution in [3.63, 3.8) is 0 Å². The van der Waals surface area contributed by atoms with E-state index in [-0.39, 0.29) is 18.4 Å². The van der Waals surface area contributed by atoms with Gasteiger partial charge in [0.1, 0.15) is 17.9 Å². The molecule has 0 aliphatic carbocycles. The Balaban J connectivity index is 2.24. The van der Waals surface area contributed by atoms with Gasteiger partial charge in [0.05, 0.1) is 0 Å². The predicted molar refractivity (Wildman–Crippen MR) is 95.7 cm³/mol. The van der Waals surface area contributed by atoms with Crippen molar-refractivity contribution in [2.24, 2.45) is 5.92 Å². The first-order valence-electron chi connectivity index (χ1n) is 8.97. The molecule has 1 aliphatic heterocycles. The van der Waals surface area contributed by atoms with E-state index in [4.69, 9.17) is 0 Å². The van der Waals surface area contributed by atoms with Crippen LogP contribution < -0.4 is 10.6 Å². The van der Waals surface area contributed by atoms with E-state index >= 15 is 0 Å². The average Bonchev–Trinajstić information content (AvgIpc) is 2.84. The molecule has 2 rings (SSSR count). The molecule has 142 valence electrons. The first-order chi connectivity index (χ1) is 12.3. The van der Waals surface area contributed by atoms with E-state index in [2.05, 4.69) is 10.6 Å². The van der Waals surface area contributed by atoms with E-state index in [1.165, 1.54) is 24.3 Å². The quantitative estimate of drug-likeness (QED) is 0.697. The topological polar surface area (TPSA) is 78.5 Å². The fourth-order valence-electron chi connectivity index (χ4n) is 2.97. The number of nitrogens with zero attached hydrogens (tertiary/aromatic N) is 1. The lowest BCUT2D eigenvalue weighted by Gasteiger charge is -2.27. The largest absolute Gasteiger partial charge is 0.354 e. The molecule has 0 saturated carbocycles. The van der Waals surface area contributed by atoms with Crippen LogP contribution in [0.1, 0.15) is 45.6 Å². The highest BCUT2D eigenvalue weighted by Gasteiger charge is 2.52. The molecule has 0 bridgehead atoms. The summed E-state index contributed by atoms with van der Waals surface area (Å²) in [4.78, 5) is 38.5. The molecular formula is C19H26FN3O3. The number of hydrogen-bond donors (Lipinski definition) is 2. The van der Waals surface area contributed by atoms with Crippen LogP contribution in [0.2, 0.25) is 0 Å². The highest BCUT2D eigenvalue weighted by Crippen LogP contribution is 2.34. The maximum absolute atomic E-state index is 13.3. The van der Waals surface area contributed by atoms with Crippen LogP contribution >= 0.6 is 0 Å². The van der Waals surface area contributed by atoms with Crippen molar-refractivity contribution in [1.29, 1.82) is 0 Å². The first kappa shape index (κ1) is 19.9. The van der Waals surface area contributed by atoms with Gasteiger partial charge in [-0.1, -0.05) is 45.7 Å². The molecule has 26 heavy (non-hydrogen) atoms. The molecule has 0 aromatic heterocycles. The minimum atomic E-state index is -1.25. The lowest BCUT2D eigenvalue weighted by atomic mass is 9.85. The highest BCUT2D eigenvalue weighted by atomic mass is 19.1. The Morgan fingerprint density at radius 1 is 1.27 bits per heavy atom. The zero-order valence-corrected chi connectivity index (χ0v) is 15.5. The molecule has 6 nitrogen and oxygen atoms in total. The summed E-state index contributed by atoms with van der Waals surface area (Å²) in [5.74, 6) is -0.999. The van der Waals surface area contributed by atoms with Crippen LogP contribution in [-0.2, 0) is 15.1 Å². The summed E-state index contributed by atoms with van der Waals surface area (Å²) >= 11 is 0. The van der Waals surface area contributed by atoms with Crippen LogP contribution in [-0.4, -0.2) is 35.8 Å². The van der Waals surface area contributed by atoms with Gasteiger partial charge < -0.3 is 10.6 Å². The number of imide groups is 1. The smallest absolute Gasteiger partial charge is 0.325 e. The van der Waals surface area contributed by atoms with Gasteiger partial charge >= 0.3 is 6.03 Å². The normalized spacial score (nSPS) is 19.8. The van der Waals surface area contributed by atoms with E-state index in [0.29, 0.717) is 24.9 Å². The third kappa shape index (κ3) is 4.20. The summed E-state index contributed by atoms with van der Waals surface area (Å²) < 4.78 is 13.3. The van der Waals surface area contributed by atoms with Gasteiger partial charge in [0.15, 0.2) is 0 Å². The molecule has 1 aromatic carbocycles. The summed E-state index contributed by atoms with van der Waals surface area (Å²) in [7, 11) is 0. The summed E-state index contributed by atoms with van der Waals surface area (Å²) in [6.07, 6.45) is 1.93. The Morgan fingerprint density at radius 2 is 1.92 bits per heavy atom. The molecule has 4 amide bonds. The van der Waals surface area contributed by atoms with Crippen molar-refractivity contribution in [2.45, 2.75) is 45.6 Å². The van der Waals surface area contributed by atoms with Gasteiger partial charge in [0, 0.05) is 6.54 Å². The summed E-state index contributed by atoms with van der Waals surface area (Å²) in [6, 6.07) is 4.94. The van der Waals surface area contributed by atoms with Gasteiger partial charge in [-0.3, -0.25) is 14.5 Å². The van der Waals surface area contributed by atoms with Crippen molar-refractivity contribution >= 4 is 17.8 Å². The van der Waals surface area contributed by atoms with Crippen LogP contribution in [0.5, 0.6) is 0 Å². The Bertz CT molecular complexity index is 675. The van der Waals surface area contributed by atoms with Crippen LogP contribution in [0, 0.1) is 11.7 Å². The standard InChI is InChI=1S/C19H26FN3O3/c1-4-5-10-19(14-6-8-15(20)9-7-14)17(25)23(18(26)22-19)12-16(24)21-11-13(2)3/h6-9,13H,4-5,10-12H2,1-3H3,(H,21,24)(H,22,26)/t19-/m1/s1. The molecule has 1 saturated heterocycles. The van der Waals surface area contributed by atoms with E-state index in [9.17, 15) is 18.8 Å². The van der Waals surface area contributed by atoms with Crippen molar-refractivity contribution in [3.8, 4) is 0 Å². The summed E-state index contributed by atoms with van der Waals surface area (Å²) in [5.41, 5.74) is -0.727. The molecule has 1 aromatic rings. The number of amides is 4. The Kier molecular flexibility index (Phi) is 6.34. The second kappa shape index (κ2) is 8.29. The monoisotopic (exact) mass is 363 g/mol. The number of urea groups is 1. The Morgan fingerprint density at radius 3 is 2.50 bits per heavy atom. The van der Waals surface area contributed by atoms with Crippen LogP contribution in [0.3, 0.4) is 0 Å². The van der Waals surface area contributed by atoms with Gasteiger partial charge in [0.25, 0.3) is 5.91 Å². The maximum atomic E-state index is 13.3. The maximum Gasteiger partial charge on any atom is 0.325 e. The van der Waals surface area contributed by atoms with E-state index in [1.54, 1.807) is 0 Å². The molecule has 0 radical (unpaired) electrons. The molecule has 1 atom stereocenters. The molecule has 1 aliphatic rings. The van der Waals surface area contributed by atoms with Crippen molar-refractivity contribution < 1.29 is 18.8 Å².